The minimum Gasteiger partial charge on any atom is -0.497 e. The van der Waals surface area contributed by atoms with Crippen LogP contribution in [-0.2, 0) is 0 Å². The monoisotopic (exact) mass is 354 g/mol. The molecule has 2 aromatic heterocycles. The molecule has 0 saturated heterocycles. The zero-order chi connectivity index (χ0) is 15.1. The number of benzene rings is 2. The van der Waals surface area contributed by atoms with Crippen LogP contribution in [0.1, 0.15) is 0 Å². The van der Waals surface area contributed by atoms with Gasteiger partial charge in [0.2, 0.25) is 0 Å². The molecule has 0 radical (unpaired) electrons. The highest BCUT2D eigenvalue weighted by Crippen LogP contribution is 2.24. The third-order valence-electron chi connectivity index (χ3n) is 3.49. The van der Waals surface area contributed by atoms with E-state index < -0.39 is 0 Å². The van der Waals surface area contributed by atoms with Gasteiger partial charge in [-0.15, -0.1) is 5.10 Å². The van der Waals surface area contributed by atoms with Crippen LogP contribution in [0.15, 0.2) is 53.3 Å². The van der Waals surface area contributed by atoms with Gasteiger partial charge in [-0.05, 0) is 42.5 Å². The van der Waals surface area contributed by atoms with Gasteiger partial charge in [-0.25, -0.2) is 14.5 Å². The van der Waals surface area contributed by atoms with Gasteiger partial charge in [0.05, 0.1) is 12.6 Å². The molecule has 0 spiro atoms. The van der Waals surface area contributed by atoms with Crippen LogP contribution < -0.4 is 4.74 Å². The molecule has 4 rings (SSSR count). The normalized spacial score (nSPS) is 11.2. The summed E-state index contributed by atoms with van der Waals surface area (Å²) in [6.45, 7) is 0. The van der Waals surface area contributed by atoms with Crippen molar-refractivity contribution in [3.8, 4) is 17.1 Å². The number of halogens is 1. The van der Waals surface area contributed by atoms with Crippen molar-refractivity contribution in [3.05, 3.63) is 53.3 Å². The highest BCUT2D eigenvalue weighted by Gasteiger charge is 2.10. The highest BCUT2D eigenvalue weighted by atomic mass is 79.9. The Morgan fingerprint density at radius 3 is 2.68 bits per heavy atom. The van der Waals surface area contributed by atoms with Gasteiger partial charge < -0.3 is 4.74 Å². The predicted molar refractivity (Wildman–Crippen MR) is 88.0 cm³/mol. The molecule has 0 atom stereocenters. The van der Waals surface area contributed by atoms with Crippen LogP contribution in [0.5, 0.6) is 5.75 Å². The summed E-state index contributed by atoms with van der Waals surface area (Å²) in [6, 6.07) is 13.6. The Hall–Kier alpha value is -2.47. The number of aromatic nitrogens is 4. The van der Waals surface area contributed by atoms with Gasteiger partial charge in [-0.2, -0.15) is 0 Å². The maximum atomic E-state index is 5.17. The summed E-state index contributed by atoms with van der Waals surface area (Å²) in [5.74, 6) is 1.48. The first-order valence-corrected chi connectivity index (χ1v) is 7.49. The van der Waals surface area contributed by atoms with Gasteiger partial charge in [0.1, 0.15) is 12.1 Å². The maximum Gasteiger partial charge on any atom is 0.182 e. The molecule has 0 saturated carbocycles. The molecule has 6 heteroatoms. The Bertz CT molecular complexity index is 979. The van der Waals surface area contributed by atoms with Crippen molar-refractivity contribution in [2.75, 3.05) is 7.11 Å². The van der Waals surface area contributed by atoms with E-state index in [4.69, 9.17) is 4.74 Å². The lowest BCUT2D eigenvalue weighted by Crippen LogP contribution is -1.91. The zero-order valence-electron chi connectivity index (χ0n) is 11.7. The van der Waals surface area contributed by atoms with Crippen molar-refractivity contribution in [1.29, 1.82) is 0 Å². The van der Waals surface area contributed by atoms with Gasteiger partial charge >= 0.3 is 0 Å². The van der Waals surface area contributed by atoms with E-state index in [1.165, 1.54) is 0 Å². The van der Waals surface area contributed by atoms with Crippen molar-refractivity contribution >= 4 is 32.5 Å². The fraction of sp³-hybridized carbons (Fsp3) is 0.0625. The third-order valence-corrected chi connectivity index (χ3v) is 3.98. The average molecular weight is 355 g/mol. The van der Waals surface area contributed by atoms with Crippen LogP contribution in [0.4, 0.5) is 0 Å². The van der Waals surface area contributed by atoms with Crippen LogP contribution in [0, 0.1) is 0 Å². The van der Waals surface area contributed by atoms with Gasteiger partial charge in [0, 0.05) is 15.4 Å². The van der Waals surface area contributed by atoms with Gasteiger partial charge in [-0.3, -0.25) is 0 Å². The summed E-state index contributed by atoms with van der Waals surface area (Å²) in [5, 5.41) is 5.47. The lowest BCUT2D eigenvalue weighted by molar-refractivity contribution is 0.415. The maximum absolute atomic E-state index is 5.17. The smallest absolute Gasteiger partial charge is 0.182 e. The zero-order valence-corrected chi connectivity index (χ0v) is 13.3. The van der Waals surface area contributed by atoms with E-state index in [0.29, 0.717) is 5.82 Å². The Morgan fingerprint density at radius 2 is 1.91 bits per heavy atom. The summed E-state index contributed by atoms with van der Waals surface area (Å²) >= 11 is 3.46. The second-order valence-electron chi connectivity index (χ2n) is 4.84. The molecule has 108 valence electrons. The first-order valence-electron chi connectivity index (χ1n) is 6.70. The molecule has 2 heterocycles. The number of fused-ring (bicyclic) bond motifs is 3. The van der Waals surface area contributed by atoms with E-state index in [1.54, 1.807) is 18.0 Å². The SMILES string of the molecule is COc1ccc(-c2nc3c4ccc(Br)cc4ncn3n2)cc1. The summed E-state index contributed by atoms with van der Waals surface area (Å²) in [5.41, 5.74) is 2.62. The van der Waals surface area contributed by atoms with Crippen LogP contribution >= 0.6 is 15.9 Å². The van der Waals surface area contributed by atoms with E-state index in [-0.39, 0.29) is 0 Å². The Kier molecular flexibility index (Phi) is 3.04. The second-order valence-corrected chi connectivity index (χ2v) is 5.75. The van der Waals surface area contributed by atoms with Crippen LogP contribution in [0.3, 0.4) is 0 Å². The molecule has 0 N–H and O–H groups in total. The van der Waals surface area contributed by atoms with Crippen LogP contribution in [-0.4, -0.2) is 26.7 Å². The van der Waals surface area contributed by atoms with E-state index in [2.05, 4.69) is 31.0 Å². The molecule has 5 nitrogen and oxygen atoms in total. The lowest BCUT2D eigenvalue weighted by atomic mass is 10.2. The number of ether oxygens (including phenoxy) is 1. The third kappa shape index (κ3) is 2.12. The minimum absolute atomic E-state index is 0.667. The minimum atomic E-state index is 0.667. The highest BCUT2D eigenvalue weighted by molar-refractivity contribution is 9.10. The number of rotatable bonds is 2. The lowest BCUT2D eigenvalue weighted by Gasteiger charge is -1.99. The molecule has 0 unspecified atom stereocenters. The van der Waals surface area contributed by atoms with Crippen molar-refractivity contribution < 1.29 is 4.74 Å². The number of hydrogen-bond donors (Lipinski definition) is 0. The first-order chi connectivity index (χ1) is 10.7. The van der Waals surface area contributed by atoms with Crippen molar-refractivity contribution in [2.45, 2.75) is 0 Å². The average Bonchev–Trinajstić information content (AvgIpc) is 2.99. The standard InChI is InChI=1S/C16H11BrN4O/c1-22-12-5-2-10(3-6-12)15-19-16-13-7-4-11(17)8-14(13)18-9-21(16)20-15/h2-9H,1H3. The van der Waals surface area contributed by atoms with Gasteiger partial charge in [0.25, 0.3) is 0 Å². The van der Waals surface area contributed by atoms with Crippen molar-refractivity contribution in [1.82, 2.24) is 19.6 Å². The van der Waals surface area contributed by atoms with Crippen molar-refractivity contribution in [2.24, 2.45) is 0 Å². The van der Waals surface area contributed by atoms with E-state index in [0.717, 1.165) is 32.3 Å². The molecule has 0 aliphatic rings. The summed E-state index contributed by atoms with van der Waals surface area (Å²) in [7, 11) is 1.65. The van der Waals surface area contributed by atoms with E-state index in [9.17, 15) is 0 Å². The molecule has 0 bridgehead atoms. The van der Waals surface area contributed by atoms with Crippen molar-refractivity contribution in [3.63, 3.8) is 0 Å². The molecule has 0 fully saturated rings. The molecular formula is C16H11BrN4O. The quantitative estimate of drug-likeness (QED) is 0.550. The molecular weight excluding hydrogens is 344 g/mol. The summed E-state index contributed by atoms with van der Waals surface area (Å²) in [4.78, 5) is 9.07. The topological polar surface area (TPSA) is 52.3 Å². The first kappa shape index (κ1) is 13.2. The van der Waals surface area contributed by atoms with Crippen LogP contribution in [0.2, 0.25) is 0 Å². The molecule has 4 aromatic rings. The van der Waals surface area contributed by atoms with Crippen LogP contribution in [0.25, 0.3) is 27.9 Å². The number of nitrogens with zero attached hydrogens (tertiary/aromatic N) is 4. The summed E-state index contributed by atoms with van der Waals surface area (Å²) < 4.78 is 7.87. The fourth-order valence-corrected chi connectivity index (χ4v) is 2.72. The van der Waals surface area contributed by atoms with E-state index in [1.807, 2.05) is 42.5 Å². The Balaban J connectivity index is 1.90. The van der Waals surface area contributed by atoms with Gasteiger partial charge in [0.15, 0.2) is 11.5 Å². The Morgan fingerprint density at radius 1 is 1.09 bits per heavy atom. The molecule has 0 aliphatic carbocycles. The van der Waals surface area contributed by atoms with E-state index >= 15 is 0 Å². The molecule has 0 amide bonds. The molecule has 22 heavy (non-hydrogen) atoms. The summed E-state index contributed by atoms with van der Waals surface area (Å²) in [6.07, 6.45) is 1.68. The Labute approximate surface area is 134 Å². The molecule has 0 aliphatic heterocycles. The largest absolute Gasteiger partial charge is 0.497 e. The second kappa shape index (κ2) is 5.06. The number of methoxy groups -OCH3 is 1. The van der Waals surface area contributed by atoms with Gasteiger partial charge in [-0.1, -0.05) is 15.9 Å². The predicted octanol–water partition coefficient (Wildman–Crippen LogP) is 3.72. The fourth-order valence-electron chi connectivity index (χ4n) is 2.37. The molecule has 2 aromatic carbocycles. The number of hydrogen-bond acceptors (Lipinski definition) is 4.